The van der Waals surface area contributed by atoms with Gasteiger partial charge in [0, 0.05) is 41.6 Å². The van der Waals surface area contributed by atoms with Crippen LogP contribution in [0, 0.1) is 0 Å². The van der Waals surface area contributed by atoms with Crippen LogP contribution in [0.15, 0.2) is 42.7 Å². The van der Waals surface area contributed by atoms with Gasteiger partial charge < -0.3 is 20.9 Å². The van der Waals surface area contributed by atoms with Crippen LogP contribution in [-0.4, -0.2) is 51.9 Å². The fourth-order valence-corrected chi connectivity index (χ4v) is 4.63. The molecule has 194 valence electrons. The third kappa shape index (κ3) is 6.07. The second-order valence-corrected chi connectivity index (χ2v) is 11.5. The molecule has 8 nitrogen and oxygen atoms in total. The summed E-state index contributed by atoms with van der Waals surface area (Å²) in [7, 11) is 4.31. The topological polar surface area (TPSA) is 95.1 Å². The standard InChI is InChI=1S/C29H37N7O/c1-29(2,3)28-30-13-12-25(35-28)34-24-16-26(31-17-23(24)27(37)33-20-9-10-20)32-21-8-6-19-15-22(36(4)5)11-7-18(19)14-21/h6,8,12-14,16-17,20,22H,7,9-11,15H2,1-5H3,(H,33,37)(H2,30,31,32,34,35). The van der Waals surface area contributed by atoms with Crippen molar-refractivity contribution in [3.8, 4) is 0 Å². The van der Waals surface area contributed by atoms with Crippen LogP contribution in [0.3, 0.4) is 0 Å². The Kier molecular flexibility index (Phi) is 6.86. The van der Waals surface area contributed by atoms with Crippen LogP contribution >= 0.6 is 0 Å². The molecule has 0 spiro atoms. The average molecular weight is 500 g/mol. The Labute approximate surface area is 219 Å². The summed E-state index contributed by atoms with van der Waals surface area (Å²) in [6, 6.07) is 11.1. The first-order chi connectivity index (χ1) is 17.7. The van der Waals surface area contributed by atoms with Gasteiger partial charge in [-0.05, 0) is 75.5 Å². The predicted molar refractivity (Wildman–Crippen MR) is 148 cm³/mol. The van der Waals surface area contributed by atoms with E-state index in [-0.39, 0.29) is 17.4 Å². The molecule has 0 aliphatic heterocycles. The normalized spacial score (nSPS) is 17.3. The summed E-state index contributed by atoms with van der Waals surface area (Å²) in [6.07, 6.45) is 8.73. The Bertz CT molecular complexity index is 1290. The zero-order valence-electron chi connectivity index (χ0n) is 22.4. The number of amides is 1. The van der Waals surface area contributed by atoms with Crippen molar-refractivity contribution in [3.05, 3.63) is 65.2 Å². The van der Waals surface area contributed by atoms with Crippen LogP contribution in [0.2, 0.25) is 0 Å². The molecule has 0 radical (unpaired) electrons. The molecule has 2 aliphatic rings. The fourth-order valence-electron chi connectivity index (χ4n) is 4.63. The number of hydrogen-bond acceptors (Lipinski definition) is 7. The lowest BCUT2D eigenvalue weighted by Crippen LogP contribution is -2.33. The molecule has 3 N–H and O–H groups in total. The van der Waals surface area contributed by atoms with E-state index in [2.05, 4.69) is 83.9 Å². The Morgan fingerprint density at radius 3 is 2.51 bits per heavy atom. The molecule has 8 heteroatoms. The third-order valence-corrected chi connectivity index (χ3v) is 7.06. The minimum absolute atomic E-state index is 0.127. The van der Waals surface area contributed by atoms with Crippen molar-refractivity contribution in [2.24, 2.45) is 0 Å². The molecule has 1 saturated carbocycles. The van der Waals surface area contributed by atoms with E-state index in [1.165, 1.54) is 11.1 Å². The van der Waals surface area contributed by atoms with Crippen LogP contribution in [0.4, 0.5) is 23.0 Å². The molecule has 2 heterocycles. The van der Waals surface area contributed by atoms with Gasteiger partial charge in [0.15, 0.2) is 0 Å². The minimum Gasteiger partial charge on any atom is -0.349 e. The first kappa shape index (κ1) is 25.1. The lowest BCUT2D eigenvalue weighted by atomic mass is 9.87. The molecule has 37 heavy (non-hydrogen) atoms. The molecule has 2 aliphatic carbocycles. The van der Waals surface area contributed by atoms with E-state index in [0.29, 0.717) is 28.9 Å². The Morgan fingerprint density at radius 2 is 1.78 bits per heavy atom. The van der Waals surface area contributed by atoms with Crippen molar-refractivity contribution in [2.75, 3.05) is 24.7 Å². The Balaban J connectivity index is 1.40. The third-order valence-electron chi connectivity index (χ3n) is 7.06. The number of rotatable bonds is 7. The number of likely N-dealkylation sites (N-methyl/N-ethyl adjacent to an activating group) is 1. The number of fused-ring (bicyclic) bond motifs is 1. The van der Waals surface area contributed by atoms with Gasteiger partial charge in [-0.3, -0.25) is 4.79 Å². The lowest BCUT2D eigenvalue weighted by molar-refractivity contribution is 0.0951. The van der Waals surface area contributed by atoms with Crippen LogP contribution in [0.25, 0.3) is 0 Å². The number of aryl methyl sites for hydroxylation is 1. The number of carbonyl (C=O) groups excluding carboxylic acids is 1. The van der Waals surface area contributed by atoms with E-state index in [4.69, 9.17) is 4.98 Å². The Morgan fingerprint density at radius 1 is 0.973 bits per heavy atom. The number of aromatic nitrogens is 3. The molecule has 0 saturated heterocycles. The van der Waals surface area contributed by atoms with Gasteiger partial charge in [0.1, 0.15) is 17.5 Å². The van der Waals surface area contributed by atoms with Crippen molar-refractivity contribution in [3.63, 3.8) is 0 Å². The Hall–Kier alpha value is -3.52. The molecule has 0 bridgehead atoms. The number of anilines is 4. The minimum atomic E-state index is -0.187. The van der Waals surface area contributed by atoms with Gasteiger partial charge >= 0.3 is 0 Å². The highest BCUT2D eigenvalue weighted by molar-refractivity contribution is 6.00. The summed E-state index contributed by atoms with van der Waals surface area (Å²) >= 11 is 0. The van der Waals surface area contributed by atoms with Gasteiger partial charge in [-0.2, -0.15) is 0 Å². The van der Waals surface area contributed by atoms with E-state index in [9.17, 15) is 4.79 Å². The van der Waals surface area contributed by atoms with Crippen molar-refractivity contribution in [1.82, 2.24) is 25.2 Å². The molecule has 5 rings (SSSR count). The smallest absolute Gasteiger partial charge is 0.255 e. The van der Waals surface area contributed by atoms with Crippen LogP contribution in [0.1, 0.15) is 67.3 Å². The summed E-state index contributed by atoms with van der Waals surface area (Å²) in [4.78, 5) is 29.0. The maximum absolute atomic E-state index is 13.0. The van der Waals surface area contributed by atoms with Crippen LogP contribution in [-0.2, 0) is 18.3 Å². The van der Waals surface area contributed by atoms with Crippen molar-refractivity contribution >= 4 is 28.9 Å². The van der Waals surface area contributed by atoms with Gasteiger partial charge in [-0.25, -0.2) is 15.0 Å². The van der Waals surface area contributed by atoms with Crippen LogP contribution in [0.5, 0.6) is 0 Å². The zero-order chi connectivity index (χ0) is 26.2. The molecule has 1 atom stereocenters. The summed E-state index contributed by atoms with van der Waals surface area (Å²) in [5.74, 6) is 1.91. The molecule has 1 aromatic carbocycles. The number of pyridine rings is 1. The second kappa shape index (κ2) is 10.1. The summed E-state index contributed by atoms with van der Waals surface area (Å²) in [5, 5.41) is 9.87. The second-order valence-electron chi connectivity index (χ2n) is 11.5. The van der Waals surface area contributed by atoms with E-state index in [1.807, 2.05) is 12.1 Å². The number of carbonyl (C=O) groups is 1. The maximum Gasteiger partial charge on any atom is 0.255 e. The van der Waals surface area contributed by atoms with Crippen molar-refractivity contribution < 1.29 is 4.79 Å². The number of nitrogens with zero attached hydrogens (tertiary/aromatic N) is 4. The molecule has 1 unspecified atom stereocenters. The zero-order valence-corrected chi connectivity index (χ0v) is 22.4. The van der Waals surface area contributed by atoms with E-state index >= 15 is 0 Å². The molecule has 1 amide bonds. The average Bonchev–Trinajstić information content (AvgIpc) is 3.67. The van der Waals surface area contributed by atoms with Gasteiger partial charge in [-0.15, -0.1) is 0 Å². The largest absolute Gasteiger partial charge is 0.349 e. The fraction of sp³-hybridized carbons (Fsp3) is 0.448. The summed E-state index contributed by atoms with van der Waals surface area (Å²) in [6.45, 7) is 6.23. The molecule has 1 fully saturated rings. The molecular formula is C29H37N7O. The summed E-state index contributed by atoms with van der Waals surface area (Å²) in [5.41, 5.74) is 4.75. The number of hydrogen-bond donors (Lipinski definition) is 3. The lowest BCUT2D eigenvalue weighted by Gasteiger charge is -2.30. The van der Waals surface area contributed by atoms with Gasteiger partial charge in [-0.1, -0.05) is 26.8 Å². The summed E-state index contributed by atoms with van der Waals surface area (Å²) < 4.78 is 0. The van der Waals surface area contributed by atoms with E-state index in [1.54, 1.807) is 12.4 Å². The van der Waals surface area contributed by atoms with Gasteiger partial charge in [0.25, 0.3) is 5.91 Å². The molecule has 3 aromatic rings. The van der Waals surface area contributed by atoms with Crippen molar-refractivity contribution in [1.29, 1.82) is 0 Å². The monoisotopic (exact) mass is 499 g/mol. The highest BCUT2D eigenvalue weighted by Gasteiger charge is 2.26. The first-order valence-electron chi connectivity index (χ1n) is 13.1. The maximum atomic E-state index is 13.0. The van der Waals surface area contributed by atoms with Crippen molar-refractivity contribution in [2.45, 2.75) is 70.4 Å². The molecular weight excluding hydrogens is 462 g/mol. The van der Waals surface area contributed by atoms with Crippen LogP contribution < -0.4 is 16.0 Å². The molecule has 2 aromatic heterocycles. The van der Waals surface area contributed by atoms with Gasteiger partial charge in [0.05, 0.1) is 11.3 Å². The highest BCUT2D eigenvalue weighted by atomic mass is 16.1. The van der Waals surface area contributed by atoms with E-state index in [0.717, 1.165) is 43.6 Å². The van der Waals surface area contributed by atoms with Gasteiger partial charge in [0.2, 0.25) is 0 Å². The number of nitrogens with one attached hydrogen (secondary N) is 3. The first-order valence-corrected chi connectivity index (χ1v) is 13.1. The van der Waals surface area contributed by atoms with E-state index < -0.39 is 0 Å². The number of benzene rings is 1. The SMILES string of the molecule is CN(C)C1CCc2cc(Nc3cc(Nc4ccnc(C(C)(C)C)n4)c(C(=O)NC4CC4)cn3)ccc2C1. The predicted octanol–water partition coefficient (Wildman–Crippen LogP) is 4.97. The quantitative estimate of drug-likeness (QED) is 0.423. The highest BCUT2D eigenvalue weighted by Crippen LogP contribution is 2.30.